The van der Waals surface area contributed by atoms with Crippen molar-refractivity contribution in [1.29, 1.82) is 0 Å². The number of fused-ring (bicyclic) bond motifs is 1. The maximum absolute atomic E-state index is 13.4. The Balaban J connectivity index is 1.72. The van der Waals surface area contributed by atoms with Crippen LogP contribution in [0.5, 0.6) is 5.75 Å². The van der Waals surface area contributed by atoms with Crippen molar-refractivity contribution in [1.82, 2.24) is 0 Å². The third-order valence-electron chi connectivity index (χ3n) is 6.26. The third kappa shape index (κ3) is 4.13. The number of hydrogen-bond donors (Lipinski definition) is 1. The van der Waals surface area contributed by atoms with Gasteiger partial charge in [0, 0.05) is 28.3 Å². The van der Waals surface area contributed by atoms with Crippen LogP contribution in [0.4, 0.5) is 11.4 Å². The van der Waals surface area contributed by atoms with Crippen molar-refractivity contribution in [2.45, 2.75) is 13.0 Å². The zero-order chi connectivity index (χ0) is 24.9. The van der Waals surface area contributed by atoms with Crippen molar-refractivity contribution >= 4 is 52.0 Å². The summed E-state index contributed by atoms with van der Waals surface area (Å²) >= 11 is 12.4. The standard InChI is InChI=1S/C27H22Cl2N2O4/c1-15-4-3-5-16(10-15)24-23(25(32)17-6-7-22-21(11-17)30(2)8-9-35-22)26(33)27(34)31(24)20-13-18(28)12-19(29)14-20/h3-7,10-14,24,32H,8-9H2,1-2H3/b25-23-. The second-order valence-electron chi connectivity index (χ2n) is 8.66. The first-order valence-electron chi connectivity index (χ1n) is 11.1. The number of aliphatic hydroxyl groups is 1. The van der Waals surface area contributed by atoms with E-state index < -0.39 is 17.7 Å². The Hall–Kier alpha value is -3.48. The van der Waals surface area contributed by atoms with Crippen LogP contribution in [0, 0.1) is 6.92 Å². The molecule has 1 fully saturated rings. The summed E-state index contributed by atoms with van der Waals surface area (Å²) in [5.41, 5.74) is 3.21. The predicted molar refractivity (Wildman–Crippen MR) is 138 cm³/mol. The molecular weight excluding hydrogens is 487 g/mol. The Kier molecular flexibility index (Phi) is 5.95. The Morgan fingerprint density at radius 1 is 1.03 bits per heavy atom. The van der Waals surface area contributed by atoms with E-state index in [0.29, 0.717) is 45.8 Å². The molecule has 2 heterocycles. The summed E-state index contributed by atoms with van der Waals surface area (Å²) in [6.07, 6.45) is 0. The van der Waals surface area contributed by atoms with E-state index in [2.05, 4.69) is 0 Å². The van der Waals surface area contributed by atoms with E-state index in [-0.39, 0.29) is 11.3 Å². The largest absolute Gasteiger partial charge is 0.507 e. The van der Waals surface area contributed by atoms with Gasteiger partial charge in [-0.2, -0.15) is 0 Å². The smallest absolute Gasteiger partial charge is 0.300 e. The fraction of sp³-hybridized carbons (Fsp3) is 0.185. The molecule has 2 aliphatic heterocycles. The molecule has 0 saturated carbocycles. The van der Waals surface area contributed by atoms with Gasteiger partial charge >= 0.3 is 0 Å². The summed E-state index contributed by atoms with van der Waals surface area (Å²) in [4.78, 5) is 30.1. The first kappa shape index (κ1) is 23.3. The first-order valence-corrected chi connectivity index (χ1v) is 11.8. The number of aryl methyl sites for hydroxylation is 1. The number of halogens is 2. The molecule has 0 aliphatic carbocycles. The number of likely N-dealkylation sites (N-methyl/N-ethyl adjacent to an activating group) is 1. The van der Waals surface area contributed by atoms with Gasteiger partial charge in [0.2, 0.25) is 0 Å². The number of nitrogens with zero attached hydrogens (tertiary/aromatic N) is 2. The maximum Gasteiger partial charge on any atom is 0.300 e. The Morgan fingerprint density at radius 2 is 1.77 bits per heavy atom. The van der Waals surface area contributed by atoms with Crippen molar-refractivity contribution in [3.05, 3.63) is 93.0 Å². The monoisotopic (exact) mass is 508 g/mol. The first-order chi connectivity index (χ1) is 16.7. The van der Waals surface area contributed by atoms with E-state index in [0.717, 1.165) is 11.3 Å². The summed E-state index contributed by atoms with van der Waals surface area (Å²) < 4.78 is 5.70. The van der Waals surface area contributed by atoms with Crippen LogP contribution >= 0.6 is 23.2 Å². The highest BCUT2D eigenvalue weighted by Gasteiger charge is 2.47. The van der Waals surface area contributed by atoms with Crippen molar-refractivity contribution in [3.63, 3.8) is 0 Å². The molecule has 1 amide bonds. The highest BCUT2D eigenvalue weighted by molar-refractivity contribution is 6.52. The van der Waals surface area contributed by atoms with Crippen molar-refractivity contribution in [2.75, 3.05) is 30.0 Å². The Bertz CT molecular complexity index is 1380. The molecular formula is C27H22Cl2N2O4. The molecule has 1 saturated heterocycles. The molecule has 178 valence electrons. The lowest BCUT2D eigenvalue weighted by atomic mass is 9.94. The second kappa shape index (κ2) is 8.95. The number of hydrogen-bond acceptors (Lipinski definition) is 5. The Morgan fingerprint density at radius 3 is 2.49 bits per heavy atom. The van der Waals surface area contributed by atoms with Crippen LogP contribution in [-0.2, 0) is 9.59 Å². The number of amides is 1. The summed E-state index contributed by atoms with van der Waals surface area (Å²) in [6, 6.07) is 16.5. The quantitative estimate of drug-likeness (QED) is 0.276. The lowest BCUT2D eigenvalue weighted by Crippen LogP contribution is -2.29. The molecule has 6 nitrogen and oxygen atoms in total. The van der Waals surface area contributed by atoms with Gasteiger partial charge in [-0.3, -0.25) is 14.5 Å². The highest BCUT2D eigenvalue weighted by atomic mass is 35.5. The van der Waals surface area contributed by atoms with Crippen LogP contribution in [0.1, 0.15) is 22.7 Å². The molecule has 0 aromatic heterocycles. The maximum atomic E-state index is 13.4. The number of benzene rings is 3. The predicted octanol–water partition coefficient (Wildman–Crippen LogP) is 5.76. The second-order valence-corrected chi connectivity index (χ2v) is 9.54. The molecule has 1 N–H and O–H groups in total. The minimum absolute atomic E-state index is 0.00368. The fourth-order valence-electron chi connectivity index (χ4n) is 4.59. The van der Waals surface area contributed by atoms with Crippen molar-refractivity contribution in [2.24, 2.45) is 0 Å². The van der Waals surface area contributed by atoms with Gasteiger partial charge < -0.3 is 14.7 Å². The minimum Gasteiger partial charge on any atom is -0.507 e. The Labute approximate surface area is 212 Å². The molecule has 5 rings (SSSR count). The molecule has 3 aromatic carbocycles. The summed E-state index contributed by atoms with van der Waals surface area (Å²) in [7, 11) is 1.93. The van der Waals surface area contributed by atoms with Gasteiger partial charge in [-0.05, 0) is 48.9 Å². The minimum atomic E-state index is -0.866. The van der Waals surface area contributed by atoms with Crippen LogP contribution < -0.4 is 14.5 Å². The number of anilines is 2. The molecule has 2 aliphatic rings. The third-order valence-corrected chi connectivity index (χ3v) is 6.69. The molecule has 3 aromatic rings. The zero-order valence-electron chi connectivity index (χ0n) is 19.1. The number of ether oxygens (including phenoxy) is 1. The number of ketones is 1. The fourth-order valence-corrected chi connectivity index (χ4v) is 5.10. The number of aliphatic hydroxyl groups excluding tert-OH is 1. The van der Waals surface area contributed by atoms with Gasteiger partial charge in [-0.1, -0.05) is 53.0 Å². The van der Waals surface area contributed by atoms with Gasteiger partial charge in [0.25, 0.3) is 11.7 Å². The molecule has 0 bridgehead atoms. The van der Waals surface area contributed by atoms with E-state index in [9.17, 15) is 14.7 Å². The van der Waals surface area contributed by atoms with E-state index >= 15 is 0 Å². The van der Waals surface area contributed by atoms with E-state index in [1.165, 1.54) is 4.90 Å². The molecule has 35 heavy (non-hydrogen) atoms. The molecule has 0 radical (unpaired) electrons. The van der Waals surface area contributed by atoms with Gasteiger partial charge in [-0.25, -0.2) is 0 Å². The van der Waals surface area contributed by atoms with Crippen LogP contribution in [-0.4, -0.2) is 37.0 Å². The highest BCUT2D eigenvalue weighted by Crippen LogP contribution is 2.44. The molecule has 1 unspecified atom stereocenters. The zero-order valence-corrected chi connectivity index (χ0v) is 20.6. The summed E-state index contributed by atoms with van der Waals surface area (Å²) in [6.45, 7) is 3.18. The van der Waals surface area contributed by atoms with E-state index in [4.69, 9.17) is 27.9 Å². The lowest BCUT2D eigenvalue weighted by molar-refractivity contribution is -0.132. The van der Waals surface area contributed by atoms with Crippen molar-refractivity contribution < 1.29 is 19.4 Å². The van der Waals surface area contributed by atoms with Crippen LogP contribution in [0.3, 0.4) is 0 Å². The normalized spacial score (nSPS) is 19.0. The molecule has 8 heteroatoms. The molecule has 1 atom stereocenters. The summed E-state index contributed by atoms with van der Waals surface area (Å²) in [5, 5.41) is 12.1. The van der Waals surface area contributed by atoms with E-state index in [1.54, 1.807) is 36.4 Å². The topological polar surface area (TPSA) is 70.1 Å². The average molecular weight is 509 g/mol. The SMILES string of the molecule is Cc1cccc(C2/C(=C(/O)c3ccc4c(c3)N(C)CCO4)C(=O)C(=O)N2c2cc(Cl)cc(Cl)c2)c1. The van der Waals surface area contributed by atoms with Crippen LogP contribution in [0.2, 0.25) is 10.0 Å². The van der Waals surface area contributed by atoms with Crippen LogP contribution in [0.15, 0.2) is 66.2 Å². The number of rotatable bonds is 3. The van der Waals surface area contributed by atoms with Crippen molar-refractivity contribution in [3.8, 4) is 5.75 Å². The number of Topliss-reactive ketones (excluding diaryl/α,β-unsaturated/α-hetero) is 1. The lowest BCUT2D eigenvalue weighted by Gasteiger charge is -2.28. The summed E-state index contributed by atoms with van der Waals surface area (Å²) in [5.74, 6) is -1.12. The van der Waals surface area contributed by atoms with E-state index in [1.807, 2.05) is 43.1 Å². The van der Waals surface area contributed by atoms with Gasteiger partial charge in [0.15, 0.2) is 0 Å². The van der Waals surface area contributed by atoms with Gasteiger partial charge in [-0.15, -0.1) is 0 Å². The molecule has 0 spiro atoms. The van der Waals surface area contributed by atoms with Gasteiger partial charge in [0.05, 0.1) is 23.8 Å². The van der Waals surface area contributed by atoms with Gasteiger partial charge in [0.1, 0.15) is 18.1 Å². The van der Waals surface area contributed by atoms with Crippen LogP contribution in [0.25, 0.3) is 5.76 Å². The number of carbonyl (C=O) groups is 2. The average Bonchev–Trinajstić information content (AvgIpc) is 3.08. The number of carbonyl (C=O) groups excluding carboxylic acids is 2.